The smallest absolute Gasteiger partial charge is 0.317 e. The Morgan fingerprint density at radius 2 is 2.19 bits per heavy atom. The van der Waals surface area contributed by atoms with Crippen LogP contribution >= 0.6 is 0 Å². The van der Waals surface area contributed by atoms with E-state index in [1.54, 1.807) is 13.8 Å². The van der Waals surface area contributed by atoms with Gasteiger partial charge in [0.25, 0.3) is 0 Å². The highest BCUT2D eigenvalue weighted by Gasteiger charge is 2.18. The molecule has 0 saturated carbocycles. The van der Waals surface area contributed by atoms with Gasteiger partial charge in [-0.25, -0.2) is 4.79 Å². The van der Waals surface area contributed by atoms with Crippen LogP contribution in [0.3, 0.4) is 0 Å². The van der Waals surface area contributed by atoms with Crippen molar-refractivity contribution in [1.82, 2.24) is 10.2 Å². The van der Waals surface area contributed by atoms with Crippen LogP contribution in [0.15, 0.2) is 0 Å². The Balaban J connectivity index is 4.12. The van der Waals surface area contributed by atoms with Crippen molar-refractivity contribution in [3.8, 4) is 12.3 Å². The molecule has 0 aliphatic heterocycles. The van der Waals surface area contributed by atoms with E-state index in [4.69, 9.17) is 11.5 Å². The minimum absolute atomic E-state index is 0.202. The average Bonchev–Trinajstić information content (AvgIpc) is 2.25. The minimum Gasteiger partial charge on any atom is -0.481 e. The van der Waals surface area contributed by atoms with Crippen LogP contribution in [-0.2, 0) is 4.79 Å². The molecule has 0 rings (SSSR count). The van der Waals surface area contributed by atoms with E-state index in [0.717, 1.165) is 0 Å². The number of urea groups is 1. The first-order valence-corrected chi connectivity index (χ1v) is 5.22. The van der Waals surface area contributed by atoms with Gasteiger partial charge in [0.2, 0.25) is 0 Å². The van der Waals surface area contributed by atoms with E-state index >= 15 is 0 Å². The summed E-state index contributed by atoms with van der Waals surface area (Å²) in [5.74, 6) is 0.933. The molecule has 2 amide bonds. The Bertz CT molecular complexity index is 283. The van der Waals surface area contributed by atoms with Crippen molar-refractivity contribution in [2.24, 2.45) is 5.92 Å². The number of hydrogen-bond donors (Lipinski definition) is 2. The first-order chi connectivity index (χ1) is 7.52. The van der Waals surface area contributed by atoms with Crippen molar-refractivity contribution in [3.63, 3.8) is 0 Å². The summed E-state index contributed by atoms with van der Waals surface area (Å²) in [6, 6.07) is -0.272. The lowest BCUT2D eigenvalue weighted by Crippen LogP contribution is -2.43. The van der Waals surface area contributed by atoms with Crippen LogP contribution < -0.4 is 5.32 Å². The molecule has 1 atom stereocenters. The maximum absolute atomic E-state index is 11.6. The number of hydrogen-bond acceptors (Lipinski definition) is 2. The van der Waals surface area contributed by atoms with E-state index in [9.17, 15) is 9.59 Å². The quantitative estimate of drug-likeness (QED) is 0.519. The van der Waals surface area contributed by atoms with Gasteiger partial charge < -0.3 is 15.3 Å². The Labute approximate surface area is 95.8 Å². The molecule has 0 aromatic heterocycles. The van der Waals surface area contributed by atoms with Crippen LogP contribution in [0.2, 0.25) is 0 Å². The fraction of sp³-hybridized carbons (Fsp3) is 0.636. The number of carbonyl (C=O) groups is 2. The van der Waals surface area contributed by atoms with Crippen LogP contribution in [0.25, 0.3) is 0 Å². The molecule has 5 nitrogen and oxygen atoms in total. The maximum atomic E-state index is 11.6. The van der Waals surface area contributed by atoms with E-state index in [1.165, 1.54) is 4.90 Å². The van der Waals surface area contributed by atoms with Crippen molar-refractivity contribution in [2.75, 3.05) is 19.6 Å². The second-order valence-electron chi connectivity index (χ2n) is 3.46. The second-order valence-corrected chi connectivity index (χ2v) is 3.46. The van der Waals surface area contributed by atoms with Gasteiger partial charge in [0, 0.05) is 26.1 Å². The Morgan fingerprint density at radius 3 is 2.62 bits per heavy atom. The molecular formula is C11H18N2O3. The van der Waals surface area contributed by atoms with E-state index < -0.39 is 11.9 Å². The number of terminal acetylenes is 1. The molecule has 0 aromatic rings. The molecule has 0 fully saturated rings. The number of amides is 2. The number of nitrogens with zero attached hydrogens (tertiary/aromatic N) is 1. The number of carbonyl (C=O) groups excluding carboxylic acids is 1. The summed E-state index contributed by atoms with van der Waals surface area (Å²) in [6.07, 6.45) is 5.52. The molecule has 1 unspecified atom stereocenters. The maximum Gasteiger partial charge on any atom is 0.317 e. The highest BCUT2D eigenvalue weighted by atomic mass is 16.4. The van der Waals surface area contributed by atoms with Gasteiger partial charge in [-0.2, -0.15) is 0 Å². The number of carboxylic acids is 1. The number of nitrogens with one attached hydrogen (secondary N) is 1. The standard InChI is InChI=1S/C11H18N2O3/c1-4-6-7-12-11(16)13(5-2)8-9(3)10(14)15/h1,9H,5-8H2,2-3H3,(H,12,16)(H,14,15). The summed E-state index contributed by atoms with van der Waals surface area (Å²) in [7, 11) is 0. The van der Waals surface area contributed by atoms with Gasteiger partial charge in [0.15, 0.2) is 0 Å². The van der Waals surface area contributed by atoms with Crippen LogP contribution in [0.5, 0.6) is 0 Å². The first kappa shape index (κ1) is 14.3. The SMILES string of the molecule is C#CCCNC(=O)N(CC)CC(C)C(=O)O. The minimum atomic E-state index is -0.908. The fourth-order valence-corrected chi connectivity index (χ4v) is 1.12. The Kier molecular flexibility index (Phi) is 6.77. The topological polar surface area (TPSA) is 69.6 Å². The second kappa shape index (κ2) is 7.57. The van der Waals surface area contributed by atoms with Crippen LogP contribution in [0, 0.1) is 18.3 Å². The molecule has 0 aromatic carbocycles. The third-order valence-electron chi connectivity index (χ3n) is 2.13. The zero-order valence-corrected chi connectivity index (χ0v) is 9.69. The Hall–Kier alpha value is -1.70. The molecule has 0 spiro atoms. The Morgan fingerprint density at radius 1 is 1.56 bits per heavy atom. The van der Waals surface area contributed by atoms with Gasteiger partial charge in [0.05, 0.1) is 5.92 Å². The summed E-state index contributed by atoms with van der Waals surface area (Å²) in [5, 5.41) is 11.4. The number of aliphatic carboxylic acids is 1. The molecule has 16 heavy (non-hydrogen) atoms. The molecule has 0 saturated heterocycles. The fourth-order valence-electron chi connectivity index (χ4n) is 1.12. The van der Waals surface area contributed by atoms with Gasteiger partial charge in [-0.1, -0.05) is 6.92 Å². The van der Waals surface area contributed by atoms with Crippen molar-refractivity contribution in [2.45, 2.75) is 20.3 Å². The first-order valence-electron chi connectivity index (χ1n) is 5.22. The average molecular weight is 226 g/mol. The van der Waals surface area contributed by atoms with E-state index in [-0.39, 0.29) is 12.6 Å². The molecule has 5 heteroatoms. The van der Waals surface area contributed by atoms with Crippen molar-refractivity contribution < 1.29 is 14.7 Å². The molecule has 0 bridgehead atoms. The zero-order valence-electron chi connectivity index (χ0n) is 9.69. The lowest BCUT2D eigenvalue weighted by Gasteiger charge is -2.23. The van der Waals surface area contributed by atoms with E-state index in [0.29, 0.717) is 19.5 Å². The molecule has 0 aliphatic rings. The zero-order chi connectivity index (χ0) is 12.6. The lowest BCUT2D eigenvalue weighted by atomic mass is 10.2. The van der Waals surface area contributed by atoms with Crippen molar-refractivity contribution >= 4 is 12.0 Å². The summed E-state index contributed by atoms with van der Waals surface area (Å²) in [6.45, 7) is 4.45. The van der Waals surface area contributed by atoms with Gasteiger partial charge in [-0.05, 0) is 6.92 Å². The lowest BCUT2D eigenvalue weighted by molar-refractivity contribution is -0.141. The van der Waals surface area contributed by atoms with Crippen molar-refractivity contribution in [1.29, 1.82) is 0 Å². The monoisotopic (exact) mass is 226 g/mol. The van der Waals surface area contributed by atoms with Crippen molar-refractivity contribution in [3.05, 3.63) is 0 Å². The number of carboxylic acid groups (broad SMARTS) is 1. The molecular weight excluding hydrogens is 208 g/mol. The molecule has 0 aliphatic carbocycles. The van der Waals surface area contributed by atoms with Crippen LogP contribution in [0.1, 0.15) is 20.3 Å². The highest BCUT2D eigenvalue weighted by molar-refractivity contribution is 5.75. The molecule has 0 heterocycles. The van der Waals surface area contributed by atoms with Gasteiger partial charge >= 0.3 is 12.0 Å². The molecule has 0 radical (unpaired) electrons. The predicted molar refractivity (Wildman–Crippen MR) is 60.9 cm³/mol. The predicted octanol–water partition coefficient (Wildman–Crippen LogP) is 0.762. The highest BCUT2D eigenvalue weighted by Crippen LogP contribution is 2.00. The van der Waals surface area contributed by atoms with Crippen LogP contribution in [0.4, 0.5) is 4.79 Å². The number of rotatable bonds is 6. The molecule has 90 valence electrons. The summed E-state index contributed by atoms with van der Waals surface area (Å²) in [4.78, 5) is 23.7. The summed E-state index contributed by atoms with van der Waals surface area (Å²) >= 11 is 0. The van der Waals surface area contributed by atoms with Gasteiger partial charge in [-0.3, -0.25) is 4.79 Å². The van der Waals surface area contributed by atoms with E-state index in [1.807, 2.05) is 0 Å². The summed E-state index contributed by atoms with van der Waals surface area (Å²) < 4.78 is 0. The third kappa shape index (κ3) is 5.25. The summed E-state index contributed by atoms with van der Waals surface area (Å²) in [5.41, 5.74) is 0. The van der Waals surface area contributed by atoms with Crippen LogP contribution in [-0.4, -0.2) is 41.6 Å². The van der Waals surface area contributed by atoms with Gasteiger partial charge in [0.1, 0.15) is 0 Å². The van der Waals surface area contributed by atoms with Gasteiger partial charge in [-0.15, -0.1) is 12.3 Å². The van der Waals surface area contributed by atoms with E-state index in [2.05, 4.69) is 11.2 Å². The normalized spacial score (nSPS) is 11.3. The third-order valence-corrected chi connectivity index (χ3v) is 2.13. The largest absolute Gasteiger partial charge is 0.481 e. The molecule has 2 N–H and O–H groups in total.